The van der Waals surface area contributed by atoms with Crippen molar-refractivity contribution in [1.82, 2.24) is 0 Å². The van der Waals surface area contributed by atoms with Gasteiger partial charge in [-0.3, -0.25) is 0 Å². The predicted octanol–water partition coefficient (Wildman–Crippen LogP) is 8.80. The van der Waals surface area contributed by atoms with Crippen molar-refractivity contribution in [3.63, 3.8) is 0 Å². The van der Waals surface area contributed by atoms with Crippen LogP contribution in [-0.2, 0) is 6.18 Å². The molecule has 0 N–H and O–H groups in total. The third-order valence-electron chi connectivity index (χ3n) is 4.88. The lowest BCUT2D eigenvalue weighted by atomic mass is 10.0. The minimum absolute atomic E-state index is 0.513. The van der Waals surface area contributed by atoms with Gasteiger partial charge in [0.15, 0.2) is 0 Å². The number of aliphatic imine (C=N–C) groups is 1. The molecule has 33 heavy (non-hydrogen) atoms. The second-order valence-corrected chi connectivity index (χ2v) is 8.20. The van der Waals surface area contributed by atoms with Crippen molar-refractivity contribution < 1.29 is 13.2 Å². The maximum atomic E-state index is 13.0. The summed E-state index contributed by atoms with van der Waals surface area (Å²) in [6.07, 6.45) is -2.53. The third kappa shape index (κ3) is 6.24. The zero-order valence-corrected chi connectivity index (χ0v) is 18.4. The number of nitrogens with zero attached hydrogens (tertiary/aromatic N) is 1. The summed E-state index contributed by atoms with van der Waals surface area (Å²) < 4.78 is 39.0. The van der Waals surface area contributed by atoms with Gasteiger partial charge in [-0.15, -0.1) is 0 Å². The second kappa shape index (κ2) is 10.4. The highest BCUT2D eigenvalue weighted by Gasteiger charge is 2.30. The van der Waals surface area contributed by atoms with E-state index in [2.05, 4.69) is 12.1 Å². The molecule has 0 aliphatic rings. The summed E-state index contributed by atoms with van der Waals surface area (Å²) in [5, 5.41) is 1.77. The standard InChI is InChI=1S/C28H20F3NS/c29-28(30,31)24-10-7-13-26(20-24)33-19-18-27(32-25-11-5-2-6-12-25)23-16-14-22(15-17-23)21-8-3-1-4-9-21/h1-20H. The quantitative estimate of drug-likeness (QED) is 0.207. The minimum atomic E-state index is -4.36. The van der Waals surface area contributed by atoms with Crippen molar-refractivity contribution in [2.75, 3.05) is 0 Å². The molecular weight excluding hydrogens is 439 g/mol. The van der Waals surface area contributed by atoms with Crippen molar-refractivity contribution in [2.24, 2.45) is 4.99 Å². The molecule has 4 rings (SSSR count). The van der Waals surface area contributed by atoms with Gasteiger partial charge in [-0.25, -0.2) is 4.99 Å². The van der Waals surface area contributed by atoms with E-state index in [-0.39, 0.29) is 0 Å². The van der Waals surface area contributed by atoms with Crippen LogP contribution < -0.4 is 0 Å². The van der Waals surface area contributed by atoms with Crippen molar-refractivity contribution in [3.8, 4) is 11.1 Å². The summed E-state index contributed by atoms with van der Waals surface area (Å²) in [6.45, 7) is 0. The van der Waals surface area contributed by atoms with E-state index in [4.69, 9.17) is 4.99 Å². The Morgan fingerprint density at radius 3 is 2.00 bits per heavy atom. The number of allylic oxidation sites excluding steroid dienone is 1. The molecule has 0 aromatic heterocycles. The number of hydrogen-bond donors (Lipinski definition) is 0. The largest absolute Gasteiger partial charge is 0.416 e. The molecule has 0 bridgehead atoms. The van der Waals surface area contributed by atoms with Crippen LogP contribution in [0.5, 0.6) is 0 Å². The zero-order valence-electron chi connectivity index (χ0n) is 17.5. The highest BCUT2D eigenvalue weighted by atomic mass is 32.2. The number of halogens is 3. The first kappa shape index (κ1) is 22.6. The van der Waals surface area contributed by atoms with Gasteiger partial charge in [0.25, 0.3) is 0 Å². The lowest BCUT2D eigenvalue weighted by Crippen LogP contribution is -2.04. The molecule has 1 nitrogen and oxygen atoms in total. The molecular formula is C28H20F3NS. The van der Waals surface area contributed by atoms with Crippen LogP contribution in [0.4, 0.5) is 18.9 Å². The van der Waals surface area contributed by atoms with Gasteiger partial charge >= 0.3 is 6.18 Å². The normalized spacial score (nSPS) is 12.3. The van der Waals surface area contributed by atoms with E-state index in [1.807, 2.05) is 78.9 Å². The van der Waals surface area contributed by atoms with E-state index in [9.17, 15) is 13.2 Å². The van der Waals surface area contributed by atoms with Gasteiger partial charge in [0.05, 0.1) is 17.0 Å². The van der Waals surface area contributed by atoms with E-state index in [0.717, 1.165) is 40.2 Å². The first-order chi connectivity index (χ1) is 16.0. The Hall–Kier alpha value is -3.57. The van der Waals surface area contributed by atoms with Crippen LogP contribution >= 0.6 is 11.8 Å². The van der Waals surface area contributed by atoms with Gasteiger partial charge in [-0.05, 0) is 52.9 Å². The molecule has 164 valence electrons. The van der Waals surface area contributed by atoms with Gasteiger partial charge in [-0.2, -0.15) is 13.2 Å². The fourth-order valence-electron chi connectivity index (χ4n) is 3.23. The molecule has 0 fully saturated rings. The van der Waals surface area contributed by atoms with E-state index in [1.165, 1.54) is 17.8 Å². The monoisotopic (exact) mass is 459 g/mol. The van der Waals surface area contributed by atoms with Crippen LogP contribution in [0.1, 0.15) is 11.1 Å². The Labute approximate surface area is 195 Å². The topological polar surface area (TPSA) is 12.4 Å². The molecule has 4 aromatic rings. The average Bonchev–Trinajstić information content (AvgIpc) is 2.84. The molecule has 0 unspecified atom stereocenters. The van der Waals surface area contributed by atoms with Crippen LogP contribution in [0, 0.1) is 0 Å². The van der Waals surface area contributed by atoms with Crippen molar-refractivity contribution in [1.29, 1.82) is 0 Å². The number of rotatable bonds is 6. The molecule has 0 saturated heterocycles. The molecule has 4 aromatic carbocycles. The lowest BCUT2D eigenvalue weighted by Gasteiger charge is -2.08. The Bertz CT molecular complexity index is 1250. The average molecular weight is 460 g/mol. The van der Waals surface area contributed by atoms with Gasteiger partial charge in [0, 0.05) is 10.5 Å². The third-order valence-corrected chi connectivity index (χ3v) is 5.68. The lowest BCUT2D eigenvalue weighted by molar-refractivity contribution is -0.137. The minimum Gasteiger partial charge on any atom is -0.248 e. The summed E-state index contributed by atoms with van der Waals surface area (Å²) in [6, 6.07) is 33.0. The van der Waals surface area contributed by atoms with Crippen molar-refractivity contribution in [3.05, 3.63) is 132 Å². The fourth-order valence-corrected chi connectivity index (χ4v) is 3.93. The summed E-state index contributed by atoms with van der Waals surface area (Å²) in [7, 11) is 0. The Morgan fingerprint density at radius 2 is 1.33 bits per heavy atom. The van der Waals surface area contributed by atoms with E-state index >= 15 is 0 Å². The Kier molecular flexibility index (Phi) is 7.10. The first-order valence-electron chi connectivity index (χ1n) is 10.3. The summed E-state index contributed by atoms with van der Waals surface area (Å²) in [5.41, 5.74) is 4.01. The maximum Gasteiger partial charge on any atom is 0.416 e. The van der Waals surface area contributed by atoms with E-state index in [0.29, 0.717) is 4.90 Å². The van der Waals surface area contributed by atoms with Crippen LogP contribution in [0.3, 0.4) is 0 Å². The predicted molar refractivity (Wildman–Crippen MR) is 131 cm³/mol. The smallest absolute Gasteiger partial charge is 0.248 e. The molecule has 0 heterocycles. The molecule has 0 amide bonds. The fraction of sp³-hybridized carbons (Fsp3) is 0.0357. The highest BCUT2D eigenvalue weighted by Crippen LogP contribution is 2.32. The molecule has 0 aliphatic carbocycles. The van der Waals surface area contributed by atoms with Crippen LogP contribution in [-0.4, -0.2) is 5.71 Å². The summed E-state index contributed by atoms with van der Waals surface area (Å²) in [5.74, 6) is 0. The van der Waals surface area contributed by atoms with Crippen molar-refractivity contribution >= 4 is 23.2 Å². The SMILES string of the molecule is FC(F)(F)c1cccc(SC=CC(=Nc2ccccc2)c2ccc(-c3ccccc3)cc2)c1. The van der Waals surface area contributed by atoms with E-state index in [1.54, 1.807) is 11.5 Å². The highest BCUT2D eigenvalue weighted by molar-refractivity contribution is 8.02. The van der Waals surface area contributed by atoms with Gasteiger partial charge < -0.3 is 0 Å². The number of alkyl halides is 3. The summed E-state index contributed by atoms with van der Waals surface area (Å²) in [4.78, 5) is 5.27. The van der Waals surface area contributed by atoms with E-state index < -0.39 is 11.7 Å². The molecule has 0 atom stereocenters. The zero-order chi connectivity index (χ0) is 23.1. The molecule has 0 aliphatic heterocycles. The van der Waals surface area contributed by atoms with Crippen LogP contribution in [0.15, 0.2) is 131 Å². The number of benzene rings is 4. The Morgan fingerprint density at radius 1 is 0.697 bits per heavy atom. The van der Waals surface area contributed by atoms with Gasteiger partial charge in [-0.1, -0.05) is 90.6 Å². The number of hydrogen-bond acceptors (Lipinski definition) is 2. The maximum absolute atomic E-state index is 13.0. The number of thioether (sulfide) groups is 1. The van der Waals surface area contributed by atoms with Gasteiger partial charge in [0.2, 0.25) is 0 Å². The summed E-state index contributed by atoms with van der Waals surface area (Å²) >= 11 is 1.22. The number of para-hydroxylation sites is 1. The molecule has 0 radical (unpaired) electrons. The molecule has 5 heteroatoms. The molecule has 0 saturated carbocycles. The first-order valence-corrected chi connectivity index (χ1v) is 11.2. The Balaban J connectivity index is 1.60. The second-order valence-electron chi connectivity index (χ2n) is 7.22. The van der Waals surface area contributed by atoms with Gasteiger partial charge in [0.1, 0.15) is 0 Å². The van der Waals surface area contributed by atoms with Crippen molar-refractivity contribution in [2.45, 2.75) is 11.1 Å². The van der Waals surface area contributed by atoms with Crippen LogP contribution in [0.25, 0.3) is 11.1 Å². The van der Waals surface area contributed by atoms with Crippen LogP contribution in [0.2, 0.25) is 0 Å². The molecule has 0 spiro atoms.